The Morgan fingerprint density at radius 1 is 1.08 bits per heavy atom. The van der Waals surface area contributed by atoms with E-state index in [9.17, 15) is 22.8 Å². The Bertz CT molecular complexity index is 1330. The maximum absolute atomic E-state index is 13.7. The van der Waals surface area contributed by atoms with E-state index in [4.69, 9.17) is 0 Å². The molecule has 38 heavy (non-hydrogen) atoms. The summed E-state index contributed by atoms with van der Waals surface area (Å²) < 4.78 is 30.9. The molecule has 0 radical (unpaired) electrons. The normalized spacial score (nSPS) is 20.3. The smallest absolute Gasteiger partial charge is 0.305 e. The van der Waals surface area contributed by atoms with Crippen molar-refractivity contribution >= 4 is 27.4 Å². The van der Waals surface area contributed by atoms with Gasteiger partial charge in [-0.1, -0.05) is 18.2 Å². The number of hydrogen-bond donors (Lipinski definition) is 0. The Labute approximate surface area is 224 Å². The number of hydrogen-bond acceptors (Lipinski definition) is 7. The number of benzene rings is 1. The Morgan fingerprint density at radius 2 is 1.87 bits per heavy atom. The number of carbonyl (C=O) groups is 3. The monoisotopic (exact) mass is 537 g/mol. The number of pyridine rings is 1. The number of nitrogens with zero attached hydrogens (tertiary/aromatic N) is 1. The average molecular weight is 538 g/mol. The van der Waals surface area contributed by atoms with Gasteiger partial charge in [0.05, 0.1) is 17.3 Å². The molecule has 0 amide bonds. The number of carbonyl (C=O) groups excluding carboxylic acids is 3. The fourth-order valence-corrected chi connectivity index (χ4v) is 7.48. The molecule has 0 spiro atoms. The molecule has 1 aromatic carbocycles. The molecular formula is C30H35NO6S. The second-order valence-corrected chi connectivity index (χ2v) is 13.3. The highest BCUT2D eigenvalue weighted by atomic mass is 32.2. The zero-order chi connectivity index (χ0) is 26.9. The van der Waals surface area contributed by atoms with Crippen molar-refractivity contribution in [2.45, 2.75) is 92.6 Å². The molecule has 0 bridgehead atoms. The summed E-state index contributed by atoms with van der Waals surface area (Å²) in [4.78, 5) is 42.0. The second kappa shape index (κ2) is 11.1. The minimum Gasteiger partial charge on any atom is -0.469 e. The lowest BCUT2D eigenvalue weighted by Crippen LogP contribution is -2.19. The highest BCUT2D eigenvalue weighted by Gasteiger charge is 2.41. The molecular weight excluding hydrogens is 502 g/mol. The number of aryl methyl sites for hydroxylation is 1. The molecule has 2 atom stereocenters. The van der Waals surface area contributed by atoms with Crippen molar-refractivity contribution in [2.24, 2.45) is 5.92 Å². The number of sulfone groups is 1. The first-order chi connectivity index (χ1) is 18.2. The van der Waals surface area contributed by atoms with E-state index >= 15 is 0 Å². The van der Waals surface area contributed by atoms with Gasteiger partial charge < -0.3 is 4.74 Å². The zero-order valence-electron chi connectivity index (χ0n) is 21.9. The predicted octanol–water partition coefficient (Wildman–Crippen LogP) is 4.66. The summed E-state index contributed by atoms with van der Waals surface area (Å²) in [6, 6.07) is 9.22. The number of rotatable bonds is 12. The van der Waals surface area contributed by atoms with E-state index in [2.05, 4.69) is 9.72 Å². The molecule has 3 saturated carbocycles. The van der Waals surface area contributed by atoms with Crippen molar-refractivity contribution in [3.8, 4) is 0 Å². The Kier molecular flexibility index (Phi) is 7.80. The van der Waals surface area contributed by atoms with Crippen LogP contribution in [-0.2, 0) is 41.8 Å². The summed E-state index contributed by atoms with van der Waals surface area (Å²) in [5.74, 6) is -0.0274. The summed E-state index contributed by atoms with van der Waals surface area (Å²) in [6.07, 6.45) is 8.46. The first-order valence-electron chi connectivity index (χ1n) is 13.7. The van der Waals surface area contributed by atoms with Crippen molar-refractivity contribution in [3.63, 3.8) is 0 Å². The molecule has 7 nitrogen and oxygen atoms in total. The molecule has 3 aliphatic carbocycles. The summed E-state index contributed by atoms with van der Waals surface area (Å²) in [5.41, 5.74) is 3.26. The lowest BCUT2D eigenvalue weighted by molar-refractivity contribution is -0.140. The molecule has 0 aliphatic heterocycles. The number of ether oxygens (including phenoxy) is 1. The molecule has 5 rings (SSSR count). The van der Waals surface area contributed by atoms with E-state index in [1.54, 1.807) is 12.3 Å². The van der Waals surface area contributed by atoms with Crippen LogP contribution >= 0.6 is 0 Å². The number of aromatic nitrogens is 1. The van der Waals surface area contributed by atoms with Gasteiger partial charge in [-0.2, -0.15) is 0 Å². The quantitative estimate of drug-likeness (QED) is 0.363. The number of Topliss-reactive ketones (excluding diaryl/α,β-unsaturated/α-hetero) is 2. The van der Waals surface area contributed by atoms with Gasteiger partial charge in [-0.3, -0.25) is 19.4 Å². The Balaban J connectivity index is 1.38. The Hall–Kier alpha value is -2.87. The maximum atomic E-state index is 13.7. The van der Waals surface area contributed by atoms with Crippen LogP contribution in [0.25, 0.3) is 0 Å². The van der Waals surface area contributed by atoms with Gasteiger partial charge >= 0.3 is 5.97 Å². The van der Waals surface area contributed by atoms with Gasteiger partial charge in [0.15, 0.2) is 9.84 Å². The van der Waals surface area contributed by atoms with Gasteiger partial charge in [0, 0.05) is 43.5 Å². The maximum Gasteiger partial charge on any atom is 0.305 e. The highest BCUT2D eigenvalue weighted by Crippen LogP contribution is 2.47. The third-order valence-corrected chi connectivity index (χ3v) is 10.4. The standard InChI is InChI=1S/C30H35NO6S/c1-37-30(34)13-4-19-2-8-23(31-18-19)17-28(33)26(15-20-3-9-24(32)14-20)22-7-12-29(27(16-22)21-5-6-21)38(35,36)25-10-11-25/h2,7-8,12,16,18,20-21,25-26H,3-6,9-11,13-15,17H2,1H3/t20-,26+/m0/s1. The molecule has 0 saturated heterocycles. The predicted molar refractivity (Wildman–Crippen MR) is 142 cm³/mol. The Morgan fingerprint density at radius 3 is 2.47 bits per heavy atom. The zero-order valence-corrected chi connectivity index (χ0v) is 22.7. The topological polar surface area (TPSA) is 107 Å². The number of esters is 1. The van der Waals surface area contributed by atoms with Crippen LogP contribution in [0.3, 0.4) is 0 Å². The largest absolute Gasteiger partial charge is 0.469 e. The van der Waals surface area contributed by atoms with Crippen LogP contribution in [0.5, 0.6) is 0 Å². The van der Waals surface area contributed by atoms with Gasteiger partial charge in [-0.25, -0.2) is 8.42 Å². The van der Waals surface area contributed by atoms with E-state index in [1.807, 2.05) is 24.3 Å². The molecule has 0 unspecified atom stereocenters. The molecule has 1 aromatic heterocycles. The molecule has 202 valence electrons. The minimum absolute atomic E-state index is 0.0266. The van der Waals surface area contributed by atoms with Crippen molar-refractivity contribution in [1.82, 2.24) is 4.98 Å². The summed E-state index contributed by atoms with van der Waals surface area (Å²) >= 11 is 0. The third kappa shape index (κ3) is 6.22. The number of methoxy groups -OCH3 is 1. The van der Waals surface area contributed by atoms with Gasteiger partial charge in [-0.05, 0) is 85.6 Å². The van der Waals surface area contributed by atoms with Crippen LogP contribution in [-0.4, -0.2) is 43.3 Å². The average Bonchev–Trinajstić information content (AvgIpc) is 3.83. The van der Waals surface area contributed by atoms with Crippen LogP contribution in [0.4, 0.5) is 0 Å². The van der Waals surface area contributed by atoms with E-state index in [0.717, 1.165) is 48.8 Å². The number of ketones is 2. The van der Waals surface area contributed by atoms with Crippen LogP contribution in [0.1, 0.15) is 92.0 Å². The molecule has 3 aliphatic rings. The fourth-order valence-electron chi connectivity index (χ4n) is 5.55. The van der Waals surface area contributed by atoms with Crippen LogP contribution in [0.2, 0.25) is 0 Å². The third-order valence-electron chi connectivity index (χ3n) is 8.12. The van der Waals surface area contributed by atoms with Crippen LogP contribution in [0.15, 0.2) is 41.4 Å². The first kappa shape index (κ1) is 26.7. The van der Waals surface area contributed by atoms with Crippen LogP contribution < -0.4 is 0 Å². The highest BCUT2D eigenvalue weighted by molar-refractivity contribution is 7.92. The molecule has 8 heteroatoms. The minimum atomic E-state index is -3.33. The lowest BCUT2D eigenvalue weighted by atomic mass is 9.83. The van der Waals surface area contributed by atoms with Gasteiger partial charge in [0.2, 0.25) is 0 Å². The lowest BCUT2D eigenvalue weighted by Gasteiger charge is -2.22. The van der Waals surface area contributed by atoms with Gasteiger partial charge in [0.1, 0.15) is 11.6 Å². The fraction of sp³-hybridized carbons (Fsp3) is 0.533. The van der Waals surface area contributed by atoms with E-state index < -0.39 is 15.8 Å². The van der Waals surface area contributed by atoms with Crippen LogP contribution in [0, 0.1) is 5.92 Å². The molecule has 1 heterocycles. The molecule has 0 N–H and O–H groups in total. The van der Waals surface area contributed by atoms with Crippen molar-refractivity contribution in [3.05, 3.63) is 58.9 Å². The summed E-state index contributed by atoms with van der Waals surface area (Å²) in [5, 5.41) is -0.269. The summed E-state index contributed by atoms with van der Waals surface area (Å²) in [7, 11) is -1.97. The second-order valence-electron chi connectivity index (χ2n) is 11.1. The van der Waals surface area contributed by atoms with E-state index in [-0.39, 0.29) is 47.5 Å². The van der Waals surface area contributed by atoms with Crippen molar-refractivity contribution in [1.29, 1.82) is 0 Å². The molecule has 3 fully saturated rings. The molecule has 2 aromatic rings. The van der Waals surface area contributed by atoms with Gasteiger partial charge in [0.25, 0.3) is 0 Å². The SMILES string of the molecule is COC(=O)CCc1ccc(CC(=O)[C@H](C[C@H]2CCC(=O)C2)c2ccc(S(=O)(=O)C3CC3)c(C3CC3)c2)nc1. The first-order valence-corrected chi connectivity index (χ1v) is 15.2. The van der Waals surface area contributed by atoms with E-state index in [0.29, 0.717) is 36.3 Å². The van der Waals surface area contributed by atoms with Crippen molar-refractivity contribution in [2.75, 3.05) is 7.11 Å². The summed E-state index contributed by atoms with van der Waals surface area (Å²) in [6.45, 7) is 0. The van der Waals surface area contributed by atoms with Crippen molar-refractivity contribution < 1.29 is 27.5 Å². The van der Waals surface area contributed by atoms with E-state index in [1.165, 1.54) is 7.11 Å². The van der Waals surface area contributed by atoms with Gasteiger partial charge in [-0.15, -0.1) is 0 Å².